The molecule has 3 rings (SSSR count). The molecule has 0 atom stereocenters. The van der Waals surface area contributed by atoms with Gasteiger partial charge in [-0.05, 0) is 62.1 Å². The van der Waals surface area contributed by atoms with E-state index in [2.05, 4.69) is 28.1 Å². The molecule has 0 aliphatic carbocycles. The fourth-order valence-corrected chi connectivity index (χ4v) is 5.10. The fourth-order valence-electron chi connectivity index (χ4n) is 3.96. The minimum absolute atomic E-state index is 0.0159. The van der Waals surface area contributed by atoms with Gasteiger partial charge >= 0.3 is 0 Å². The molecule has 1 fully saturated rings. The molecule has 1 saturated heterocycles. The number of aryl methyl sites for hydroxylation is 1. The van der Waals surface area contributed by atoms with Crippen molar-refractivity contribution in [1.29, 1.82) is 5.26 Å². The highest BCUT2D eigenvalue weighted by molar-refractivity contribution is 7.90. The Labute approximate surface area is 201 Å². The van der Waals surface area contributed by atoms with Crippen LogP contribution in [0, 0.1) is 31.1 Å². The first-order chi connectivity index (χ1) is 16.0. The first-order valence-corrected chi connectivity index (χ1v) is 12.7. The lowest BCUT2D eigenvalue weighted by atomic mass is 10.1. The molecule has 2 heterocycles. The zero-order chi connectivity index (χ0) is 25.0. The highest BCUT2D eigenvalue weighted by Gasteiger charge is 2.21. The van der Waals surface area contributed by atoms with Gasteiger partial charge in [0.25, 0.3) is 15.9 Å². The minimum Gasteiger partial charge on any atom is -0.362 e. The van der Waals surface area contributed by atoms with Crippen molar-refractivity contribution >= 4 is 33.5 Å². The number of amidine groups is 1. The first kappa shape index (κ1) is 25.2. The number of nitrogens with zero attached hydrogens (tertiary/aromatic N) is 4. The van der Waals surface area contributed by atoms with Gasteiger partial charge in [0.05, 0.1) is 4.90 Å². The predicted octanol–water partition coefficient (Wildman–Crippen LogP) is 4.12. The van der Waals surface area contributed by atoms with Crippen LogP contribution >= 0.6 is 0 Å². The summed E-state index contributed by atoms with van der Waals surface area (Å²) >= 11 is 0. The molecule has 1 aromatic heterocycles. The predicted molar refractivity (Wildman–Crippen MR) is 134 cm³/mol. The van der Waals surface area contributed by atoms with E-state index in [1.165, 1.54) is 18.2 Å². The highest BCUT2D eigenvalue weighted by Crippen LogP contribution is 2.22. The summed E-state index contributed by atoms with van der Waals surface area (Å²) in [4.78, 5) is 14.6. The Balaban J connectivity index is 1.83. The second-order valence-corrected chi connectivity index (χ2v) is 10.6. The van der Waals surface area contributed by atoms with Crippen molar-refractivity contribution in [1.82, 2.24) is 9.47 Å². The van der Waals surface area contributed by atoms with Gasteiger partial charge in [0.1, 0.15) is 17.5 Å². The van der Waals surface area contributed by atoms with E-state index in [-0.39, 0.29) is 16.2 Å². The van der Waals surface area contributed by atoms with E-state index < -0.39 is 15.9 Å². The lowest BCUT2D eigenvalue weighted by Crippen LogP contribution is -2.20. The van der Waals surface area contributed by atoms with Gasteiger partial charge in [0, 0.05) is 43.6 Å². The SMILES string of the molecule is Cc1cc(C=C(C#N)C(=O)Nc2cccc(S(=O)(=O)N=C3CCCN3C)c2)c(C)n1CC(C)C. The number of carbonyl (C=O) groups is 1. The van der Waals surface area contributed by atoms with Gasteiger partial charge in [-0.15, -0.1) is 4.40 Å². The Morgan fingerprint density at radius 2 is 2.03 bits per heavy atom. The second kappa shape index (κ2) is 10.3. The largest absolute Gasteiger partial charge is 0.362 e. The monoisotopic (exact) mass is 481 g/mol. The number of benzene rings is 1. The molecule has 0 bridgehead atoms. The van der Waals surface area contributed by atoms with Crippen LogP contribution in [0.15, 0.2) is 45.2 Å². The number of hydrogen-bond donors (Lipinski definition) is 1. The molecule has 0 saturated carbocycles. The molecule has 1 N–H and O–H groups in total. The molecule has 9 heteroatoms. The van der Waals surface area contributed by atoms with Crippen LogP contribution in [0.2, 0.25) is 0 Å². The number of sulfonamides is 1. The fraction of sp³-hybridized carbons (Fsp3) is 0.400. The molecule has 180 valence electrons. The number of hydrogen-bond acceptors (Lipinski definition) is 4. The normalized spacial score (nSPS) is 15.7. The van der Waals surface area contributed by atoms with Gasteiger partial charge in [-0.2, -0.15) is 13.7 Å². The zero-order valence-corrected chi connectivity index (χ0v) is 21.1. The summed E-state index contributed by atoms with van der Waals surface area (Å²) in [5.41, 5.74) is 3.06. The van der Waals surface area contributed by atoms with Crippen molar-refractivity contribution in [3.63, 3.8) is 0 Å². The zero-order valence-electron chi connectivity index (χ0n) is 20.3. The molecule has 0 radical (unpaired) electrons. The molecule has 2 aromatic rings. The van der Waals surface area contributed by atoms with Crippen molar-refractivity contribution in [2.45, 2.75) is 52.0 Å². The highest BCUT2D eigenvalue weighted by atomic mass is 32.2. The van der Waals surface area contributed by atoms with E-state index in [1.807, 2.05) is 37.9 Å². The molecule has 1 aliphatic heterocycles. The first-order valence-electron chi connectivity index (χ1n) is 11.3. The number of anilines is 1. The summed E-state index contributed by atoms with van der Waals surface area (Å²) in [5.74, 6) is 0.384. The van der Waals surface area contributed by atoms with Crippen LogP contribution in [-0.4, -0.2) is 43.2 Å². The molecule has 1 aliphatic rings. The van der Waals surface area contributed by atoms with Crippen LogP contribution in [0.3, 0.4) is 0 Å². The lowest BCUT2D eigenvalue weighted by Gasteiger charge is -2.12. The third kappa shape index (κ3) is 5.75. The van der Waals surface area contributed by atoms with Crippen LogP contribution < -0.4 is 5.32 Å². The molecule has 1 aromatic carbocycles. The van der Waals surface area contributed by atoms with E-state index in [0.717, 1.165) is 36.5 Å². The maximum Gasteiger partial charge on any atom is 0.284 e. The van der Waals surface area contributed by atoms with Gasteiger partial charge in [-0.3, -0.25) is 4.79 Å². The van der Waals surface area contributed by atoms with Crippen LogP contribution in [0.1, 0.15) is 43.6 Å². The molecule has 0 spiro atoms. The Bertz CT molecular complexity index is 1300. The number of amides is 1. The Kier molecular flexibility index (Phi) is 7.62. The van der Waals surface area contributed by atoms with Gasteiger partial charge in [-0.1, -0.05) is 19.9 Å². The maximum absolute atomic E-state index is 12.8. The second-order valence-electron chi connectivity index (χ2n) is 8.99. The molecule has 8 nitrogen and oxygen atoms in total. The summed E-state index contributed by atoms with van der Waals surface area (Å²) in [6, 6.07) is 9.83. The Morgan fingerprint density at radius 1 is 1.29 bits per heavy atom. The summed E-state index contributed by atoms with van der Waals surface area (Å²) in [6.07, 6.45) is 3.04. The van der Waals surface area contributed by atoms with Crippen LogP contribution in [0.25, 0.3) is 6.08 Å². The van der Waals surface area contributed by atoms with Crippen molar-refractivity contribution in [3.8, 4) is 6.07 Å². The molecule has 0 unspecified atom stereocenters. The summed E-state index contributed by atoms with van der Waals surface area (Å²) in [6.45, 7) is 9.85. The number of nitrogens with one attached hydrogen (secondary N) is 1. The molecule has 1 amide bonds. The molecular weight excluding hydrogens is 450 g/mol. The number of likely N-dealkylation sites (tertiary alicyclic amines) is 1. The maximum atomic E-state index is 12.8. The number of nitriles is 1. The standard InChI is InChI=1S/C25H31N5O3S/c1-17(2)16-30-18(3)12-20(19(30)4)13-21(15-26)25(31)27-22-8-6-9-23(14-22)34(32,33)28-24-10-7-11-29(24)5/h6,8-9,12-14,17H,7,10-11,16H2,1-5H3,(H,27,31). The average Bonchev–Trinajstić information content (AvgIpc) is 3.28. The van der Waals surface area contributed by atoms with Crippen LogP contribution in [-0.2, 0) is 21.4 Å². The lowest BCUT2D eigenvalue weighted by molar-refractivity contribution is -0.112. The van der Waals surface area contributed by atoms with E-state index >= 15 is 0 Å². The summed E-state index contributed by atoms with van der Waals surface area (Å²) in [7, 11) is -2.10. The topological polar surface area (TPSA) is 108 Å². The van der Waals surface area contributed by atoms with E-state index in [0.29, 0.717) is 18.2 Å². The Hall–Kier alpha value is -3.38. The van der Waals surface area contributed by atoms with Crippen LogP contribution in [0.4, 0.5) is 5.69 Å². The molecular formula is C25H31N5O3S. The van der Waals surface area contributed by atoms with Crippen molar-refractivity contribution in [2.75, 3.05) is 18.9 Å². The van der Waals surface area contributed by atoms with Crippen molar-refractivity contribution in [3.05, 3.63) is 52.9 Å². The van der Waals surface area contributed by atoms with Gasteiger partial charge in [0.2, 0.25) is 0 Å². The minimum atomic E-state index is -3.91. The third-order valence-corrected chi connectivity index (χ3v) is 7.08. The third-order valence-electron chi connectivity index (χ3n) is 5.78. The quantitative estimate of drug-likeness (QED) is 0.473. The number of carbonyl (C=O) groups excluding carboxylic acids is 1. The van der Waals surface area contributed by atoms with E-state index in [1.54, 1.807) is 12.1 Å². The van der Waals surface area contributed by atoms with Gasteiger partial charge in [0.15, 0.2) is 0 Å². The number of rotatable bonds is 7. The Morgan fingerprint density at radius 3 is 2.65 bits per heavy atom. The van der Waals surface area contributed by atoms with Gasteiger partial charge in [-0.25, -0.2) is 0 Å². The summed E-state index contributed by atoms with van der Waals surface area (Å²) < 4.78 is 31.6. The number of aromatic nitrogens is 1. The van der Waals surface area contributed by atoms with Crippen molar-refractivity contribution in [2.24, 2.45) is 10.3 Å². The smallest absolute Gasteiger partial charge is 0.284 e. The summed E-state index contributed by atoms with van der Waals surface area (Å²) in [5, 5.41) is 12.3. The van der Waals surface area contributed by atoms with E-state index in [4.69, 9.17) is 0 Å². The van der Waals surface area contributed by atoms with Crippen molar-refractivity contribution < 1.29 is 13.2 Å². The van der Waals surface area contributed by atoms with Gasteiger partial charge < -0.3 is 14.8 Å². The average molecular weight is 482 g/mol. The molecule has 34 heavy (non-hydrogen) atoms. The van der Waals surface area contributed by atoms with Crippen LogP contribution in [0.5, 0.6) is 0 Å². The van der Waals surface area contributed by atoms with E-state index in [9.17, 15) is 18.5 Å².